The Morgan fingerprint density at radius 1 is 0.955 bits per heavy atom. The normalized spacial score (nSPS) is 12.3. The maximum absolute atomic E-state index is 11.7. The standard InChI is InChI=1S/C18H36N2O2/c1-3-5-6-7-9-12-15-18(21)16-13-10-8-11-14-17-19-20(22)4-2/h4,19,22H,2-3,5-17H2,1H3/p+1. The van der Waals surface area contributed by atoms with E-state index in [-0.39, 0.29) is 5.17 Å². The van der Waals surface area contributed by atoms with Gasteiger partial charge < -0.3 is 0 Å². The minimum atomic E-state index is 0.153. The number of hydrogen-bond donors (Lipinski definition) is 3. The first-order chi connectivity index (χ1) is 10.7. The maximum atomic E-state index is 11.7. The molecule has 0 bridgehead atoms. The predicted molar refractivity (Wildman–Crippen MR) is 91.7 cm³/mol. The first-order valence-electron chi connectivity index (χ1n) is 9.14. The lowest BCUT2D eigenvalue weighted by atomic mass is 10.0. The van der Waals surface area contributed by atoms with Crippen LogP contribution in [0.3, 0.4) is 0 Å². The van der Waals surface area contributed by atoms with E-state index in [0.29, 0.717) is 5.78 Å². The highest BCUT2D eigenvalue weighted by molar-refractivity contribution is 5.78. The third-order valence-electron chi connectivity index (χ3n) is 3.94. The second kappa shape index (κ2) is 16.7. The zero-order valence-electron chi connectivity index (χ0n) is 14.5. The van der Waals surface area contributed by atoms with Gasteiger partial charge in [0.1, 0.15) is 12.0 Å². The summed E-state index contributed by atoms with van der Waals surface area (Å²) in [6, 6.07) is 0. The van der Waals surface area contributed by atoms with Crippen molar-refractivity contribution in [2.75, 3.05) is 6.54 Å². The van der Waals surface area contributed by atoms with Gasteiger partial charge in [0, 0.05) is 19.4 Å². The van der Waals surface area contributed by atoms with E-state index in [1.54, 1.807) is 0 Å². The Labute approximate surface area is 136 Å². The summed E-state index contributed by atoms with van der Waals surface area (Å²) >= 11 is 0. The molecule has 0 aliphatic carbocycles. The molecule has 0 rings (SSSR count). The quantitative estimate of drug-likeness (QED) is 0.284. The zero-order valence-corrected chi connectivity index (χ0v) is 14.5. The summed E-state index contributed by atoms with van der Waals surface area (Å²) in [6.45, 7) is 6.49. The van der Waals surface area contributed by atoms with Crippen LogP contribution in [-0.4, -0.2) is 17.5 Å². The summed E-state index contributed by atoms with van der Waals surface area (Å²) in [5, 5.41) is 9.29. The topological polar surface area (TPSA) is 53.8 Å². The molecule has 130 valence electrons. The Hall–Kier alpha value is -0.710. The molecule has 0 saturated carbocycles. The number of carbonyl (C=O) groups excluding carboxylic acids is 1. The van der Waals surface area contributed by atoms with Crippen LogP contribution in [0.4, 0.5) is 0 Å². The fourth-order valence-corrected chi connectivity index (χ4v) is 2.49. The minimum absolute atomic E-state index is 0.153. The molecule has 0 spiro atoms. The molecule has 0 saturated heterocycles. The molecule has 22 heavy (non-hydrogen) atoms. The number of rotatable bonds is 17. The minimum Gasteiger partial charge on any atom is -0.300 e. The van der Waals surface area contributed by atoms with Gasteiger partial charge in [0.25, 0.3) is 0 Å². The van der Waals surface area contributed by atoms with E-state index in [9.17, 15) is 4.79 Å². The van der Waals surface area contributed by atoms with Gasteiger partial charge in [0.15, 0.2) is 0 Å². The lowest BCUT2D eigenvalue weighted by Crippen LogP contribution is -3.12. The van der Waals surface area contributed by atoms with Crippen molar-refractivity contribution in [2.24, 2.45) is 0 Å². The number of carbonyl (C=O) groups is 1. The molecule has 0 aliphatic heterocycles. The van der Waals surface area contributed by atoms with Gasteiger partial charge in [0.2, 0.25) is 0 Å². The number of quaternary nitrogens is 1. The van der Waals surface area contributed by atoms with Crippen molar-refractivity contribution >= 4 is 5.78 Å². The SMILES string of the molecule is C=C[NH+](O)NCCCCCCCC(=O)CCCCCCCC. The van der Waals surface area contributed by atoms with E-state index in [2.05, 4.69) is 18.9 Å². The van der Waals surface area contributed by atoms with Crippen LogP contribution in [0.1, 0.15) is 90.4 Å². The molecular formula is C18H37N2O2+. The van der Waals surface area contributed by atoms with Gasteiger partial charge in [-0.25, -0.2) is 0 Å². The number of ketones is 1. The van der Waals surface area contributed by atoms with Gasteiger partial charge in [-0.05, 0) is 25.8 Å². The summed E-state index contributed by atoms with van der Waals surface area (Å²) in [6.07, 6.45) is 16.0. The highest BCUT2D eigenvalue weighted by atomic mass is 16.5. The Kier molecular flexibility index (Phi) is 16.1. The van der Waals surface area contributed by atoms with Crippen molar-refractivity contribution in [1.29, 1.82) is 0 Å². The number of hydroxylamine groups is 1. The second-order valence-electron chi connectivity index (χ2n) is 6.09. The molecule has 0 aromatic carbocycles. The van der Waals surface area contributed by atoms with Crippen LogP contribution in [0.25, 0.3) is 0 Å². The summed E-state index contributed by atoms with van der Waals surface area (Å²) in [7, 11) is 0. The summed E-state index contributed by atoms with van der Waals surface area (Å²) < 4.78 is 0. The van der Waals surface area contributed by atoms with Crippen LogP contribution in [0.15, 0.2) is 12.8 Å². The number of hydrogen-bond acceptors (Lipinski definition) is 3. The Morgan fingerprint density at radius 3 is 2.00 bits per heavy atom. The average molecular weight is 314 g/mol. The third-order valence-corrected chi connectivity index (χ3v) is 3.94. The van der Waals surface area contributed by atoms with Crippen LogP contribution < -0.4 is 10.6 Å². The average Bonchev–Trinajstić information content (AvgIpc) is 2.52. The monoisotopic (exact) mass is 313 g/mol. The van der Waals surface area contributed by atoms with E-state index in [1.165, 1.54) is 44.7 Å². The van der Waals surface area contributed by atoms with Crippen molar-refractivity contribution in [1.82, 2.24) is 5.43 Å². The van der Waals surface area contributed by atoms with Crippen molar-refractivity contribution in [2.45, 2.75) is 90.4 Å². The summed E-state index contributed by atoms with van der Waals surface area (Å²) in [5.74, 6) is 0.447. The molecule has 4 heteroatoms. The molecule has 0 radical (unpaired) electrons. The molecule has 0 aromatic heterocycles. The van der Waals surface area contributed by atoms with E-state index < -0.39 is 0 Å². The largest absolute Gasteiger partial charge is 0.300 e. The van der Waals surface area contributed by atoms with Gasteiger partial charge in [0.05, 0.1) is 0 Å². The molecule has 0 aromatic rings. The molecule has 1 atom stereocenters. The molecule has 0 heterocycles. The van der Waals surface area contributed by atoms with Crippen LogP contribution in [0, 0.1) is 0 Å². The number of nitrogens with one attached hydrogen (secondary N) is 2. The Morgan fingerprint density at radius 2 is 1.45 bits per heavy atom. The van der Waals surface area contributed by atoms with E-state index in [1.807, 2.05) is 0 Å². The zero-order chi connectivity index (χ0) is 16.5. The van der Waals surface area contributed by atoms with Crippen molar-refractivity contribution in [3.05, 3.63) is 12.8 Å². The Balaban J connectivity index is 3.20. The van der Waals surface area contributed by atoms with Gasteiger partial charge in [-0.2, -0.15) is 5.21 Å². The third kappa shape index (κ3) is 15.7. The van der Waals surface area contributed by atoms with Gasteiger partial charge >= 0.3 is 0 Å². The van der Waals surface area contributed by atoms with Gasteiger partial charge in [-0.3, -0.25) is 4.79 Å². The summed E-state index contributed by atoms with van der Waals surface area (Å²) in [5.41, 5.74) is 2.88. The van der Waals surface area contributed by atoms with Crippen molar-refractivity contribution in [3.8, 4) is 0 Å². The molecule has 0 amide bonds. The smallest absolute Gasteiger partial charge is 0.139 e. The lowest BCUT2D eigenvalue weighted by Gasteiger charge is -2.06. The highest BCUT2D eigenvalue weighted by Crippen LogP contribution is 2.10. The molecular weight excluding hydrogens is 276 g/mol. The van der Waals surface area contributed by atoms with Crippen molar-refractivity contribution < 1.29 is 15.2 Å². The number of Topliss-reactive ketones (excluding diaryl/α,β-unsaturated/α-hetero) is 1. The molecule has 0 fully saturated rings. The van der Waals surface area contributed by atoms with Crippen LogP contribution >= 0.6 is 0 Å². The van der Waals surface area contributed by atoms with Gasteiger partial charge in [-0.1, -0.05) is 63.5 Å². The number of unbranched alkanes of at least 4 members (excludes halogenated alkanes) is 9. The fourth-order valence-electron chi connectivity index (χ4n) is 2.49. The van der Waals surface area contributed by atoms with E-state index in [4.69, 9.17) is 5.21 Å². The van der Waals surface area contributed by atoms with Crippen molar-refractivity contribution in [3.63, 3.8) is 0 Å². The van der Waals surface area contributed by atoms with Crippen LogP contribution in [-0.2, 0) is 4.79 Å². The van der Waals surface area contributed by atoms with Crippen LogP contribution in [0.2, 0.25) is 0 Å². The molecule has 3 N–H and O–H groups in total. The lowest BCUT2D eigenvalue weighted by molar-refractivity contribution is -1.08. The predicted octanol–water partition coefficient (Wildman–Crippen LogP) is 3.57. The Bertz CT molecular complexity index is 270. The molecule has 1 unspecified atom stereocenters. The van der Waals surface area contributed by atoms with Crippen LogP contribution in [0.5, 0.6) is 0 Å². The van der Waals surface area contributed by atoms with Gasteiger partial charge in [-0.15, -0.1) is 5.43 Å². The maximum Gasteiger partial charge on any atom is 0.139 e. The summed E-state index contributed by atoms with van der Waals surface area (Å²) in [4.78, 5) is 11.7. The second-order valence-corrected chi connectivity index (χ2v) is 6.09. The fraction of sp³-hybridized carbons (Fsp3) is 0.833. The first-order valence-corrected chi connectivity index (χ1v) is 9.14. The van der Waals surface area contributed by atoms with E-state index in [0.717, 1.165) is 51.5 Å². The first kappa shape index (κ1) is 21.3. The van der Waals surface area contributed by atoms with E-state index >= 15 is 0 Å². The molecule has 4 nitrogen and oxygen atoms in total. The molecule has 0 aliphatic rings. The highest BCUT2D eigenvalue weighted by Gasteiger charge is 2.02.